The molecule has 4 aromatic rings. The third kappa shape index (κ3) is 3.75. The van der Waals surface area contributed by atoms with E-state index >= 15 is 0 Å². The molecule has 31 heavy (non-hydrogen) atoms. The molecule has 0 saturated heterocycles. The zero-order chi connectivity index (χ0) is 22.1. The number of aromatic nitrogens is 3. The number of carbonyl (C=O) groups excluding carboxylic acids is 1. The number of halogens is 2. The van der Waals surface area contributed by atoms with Gasteiger partial charge in [-0.1, -0.05) is 6.07 Å². The summed E-state index contributed by atoms with van der Waals surface area (Å²) < 4.78 is 34.5. The van der Waals surface area contributed by atoms with E-state index in [1.165, 1.54) is 18.5 Å². The summed E-state index contributed by atoms with van der Waals surface area (Å²) in [7, 11) is 0. The molecule has 0 aliphatic heterocycles. The van der Waals surface area contributed by atoms with Crippen molar-refractivity contribution in [3.8, 4) is 17.5 Å². The number of nitrogens with zero attached hydrogens (tertiary/aromatic N) is 4. The number of carbonyl (C=O) groups is 1. The van der Waals surface area contributed by atoms with Crippen molar-refractivity contribution in [1.29, 1.82) is 5.26 Å². The first-order chi connectivity index (χ1) is 14.9. The van der Waals surface area contributed by atoms with Crippen molar-refractivity contribution < 1.29 is 18.0 Å². The van der Waals surface area contributed by atoms with Crippen LogP contribution in [0.5, 0.6) is 0 Å². The molecule has 3 aromatic heterocycles. The summed E-state index contributed by atoms with van der Waals surface area (Å²) in [5.74, 6) is -1.87. The molecule has 0 fully saturated rings. The number of rotatable bonds is 5. The van der Waals surface area contributed by atoms with Crippen LogP contribution in [-0.2, 0) is 0 Å². The summed E-state index contributed by atoms with van der Waals surface area (Å²) in [4.78, 5) is 17.7. The second kappa shape index (κ2) is 7.99. The summed E-state index contributed by atoms with van der Waals surface area (Å²) in [5.41, 5.74) is 0.944. The highest BCUT2D eigenvalue weighted by atomic mass is 19.1. The van der Waals surface area contributed by atoms with Crippen molar-refractivity contribution in [2.24, 2.45) is 0 Å². The predicted molar refractivity (Wildman–Crippen MR) is 108 cm³/mol. The van der Waals surface area contributed by atoms with E-state index in [0.29, 0.717) is 28.6 Å². The largest absolute Gasteiger partial charge is 0.463 e. The highest BCUT2D eigenvalue weighted by molar-refractivity contribution is 6.06. The Kier molecular flexibility index (Phi) is 5.21. The van der Waals surface area contributed by atoms with Crippen LogP contribution in [0.2, 0.25) is 0 Å². The van der Waals surface area contributed by atoms with E-state index in [9.17, 15) is 18.8 Å². The van der Waals surface area contributed by atoms with Crippen molar-refractivity contribution in [3.63, 3.8) is 0 Å². The van der Waals surface area contributed by atoms with Gasteiger partial charge in [0.25, 0.3) is 5.91 Å². The van der Waals surface area contributed by atoms with E-state index in [1.54, 1.807) is 16.8 Å². The van der Waals surface area contributed by atoms with Gasteiger partial charge in [0.1, 0.15) is 23.4 Å². The van der Waals surface area contributed by atoms with Gasteiger partial charge in [-0.15, -0.1) is 0 Å². The van der Waals surface area contributed by atoms with Gasteiger partial charge < -0.3 is 9.73 Å². The van der Waals surface area contributed by atoms with Crippen molar-refractivity contribution >= 4 is 16.9 Å². The fourth-order valence-corrected chi connectivity index (χ4v) is 3.26. The van der Waals surface area contributed by atoms with E-state index in [0.717, 1.165) is 12.1 Å². The fraction of sp³-hybridized carbons (Fsp3) is 0.182. The highest BCUT2D eigenvalue weighted by Crippen LogP contribution is 2.27. The van der Waals surface area contributed by atoms with E-state index in [2.05, 4.69) is 15.4 Å². The maximum absolute atomic E-state index is 14.2. The molecule has 4 rings (SSSR count). The van der Waals surface area contributed by atoms with E-state index < -0.39 is 23.6 Å². The van der Waals surface area contributed by atoms with Gasteiger partial charge in [-0.2, -0.15) is 10.4 Å². The van der Waals surface area contributed by atoms with Crippen molar-refractivity contribution in [2.75, 3.05) is 0 Å². The number of pyridine rings is 1. The molecule has 156 valence electrons. The maximum Gasteiger partial charge on any atom is 0.253 e. The number of amides is 1. The summed E-state index contributed by atoms with van der Waals surface area (Å²) >= 11 is 0. The Labute approximate surface area is 175 Å². The van der Waals surface area contributed by atoms with Crippen LogP contribution in [0.3, 0.4) is 0 Å². The molecule has 3 heterocycles. The summed E-state index contributed by atoms with van der Waals surface area (Å²) in [6.07, 6.45) is 3.01. The van der Waals surface area contributed by atoms with Gasteiger partial charge in [0.15, 0.2) is 11.4 Å². The number of fused-ring (bicyclic) bond motifs is 1. The van der Waals surface area contributed by atoms with Crippen molar-refractivity contribution in [2.45, 2.75) is 25.9 Å². The van der Waals surface area contributed by atoms with Crippen molar-refractivity contribution in [1.82, 2.24) is 20.1 Å². The Balaban J connectivity index is 1.79. The molecule has 0 aliphatic rings. The van der Waals surface area contributed by atoms with Gasteiger partial charge in [-0.25, -0.2) is 18.4 Å². The fourth-order valence-electron chi connectivity index (χ4n) is 3.26. The molecule has 1 atom stereocenters. The Morgan fingerprint density at radius 1 is 1.26 bits per heavy atom. The first-order valence-electron chi connectivity index (χ1n) is 9.46. The molecular formula is C22H17F2N5O2. The number of furan rings is 1. The third-order valence-electron chi connectivity index (χ3n) is 4.75. The first kappa shape index (κ1) is 20.2. The molecule has 7 nitrogen and oxygen atoms in total. The lowest BCUT2D eigenvalue weighted by Crippen LogP contribution is -2.28. The number of nitriles is 1. The van der Waals surface area contributed by atoms with Gasteiger partial charge in [-0.3, -0.25) is 4.79 Å². The Hall–Kier alpha value is -4.06. The summed E-state index contributed by atoms with van der Waals surface area (Å²) in [6.45, 7) is 3.85. The van der Waals surface area contributed by atoms with Crippen LogP contribution in [0.15, 0.2) is 53.3 Å². The van der Waals surface area contributed by atoms with Crippen LogP contribution in [0.25, 0.3) is 22.5 Å². The van der Waals surface area contributed by atoms with Crippen molar-refractivity contribution in [3.05, 3.63) is 71.6 Å². The average Bonchev–Trinajstić information content (AvgIpc) is 3.41. The van der Waals surface area contributed by atoms with E-state index in [1.807, 2.05) is 19.9 Å². The molecule has 9 heteroatoms. The topological polar surface area (TPSA) is 96.7 Å². The minimum absolute atomic E-state index is 0.0204. The minimum Gasteiger partial charge on any atom is -0.463 e. The lowest BCUT2D eigenvalue weighted by Gasteiger charge is -2.14. The lowest BCUT2D eigenvalue weighted by atomic mass is 10.1. The number of hydrogen-bond donors (Lipinski definition) is 1. The molecule has 1 unspecified atom stereocenters. The molecule has 0 aliphatic carbocycles. The average molecular weight is 421 g/mol. The molecule has 0 radical (unpaired) electrons. The molecule has 0 spiro atoms. The second-order valence-corrected chi connectivity index (χ2v) is 7.15. The monoisotopic (exact) mass is 421 g/mol. The van der Waals surface area contributed by atoms with Crippen LogP contribution in [-0.4, -0.2) is 20.7 Å². The number of nitrogens with one attached hydrogen (secondary N) is 1. The van der Waals surface area contributed by atoms with E-state index in [-0.39, 0.29) is 17.2 Å². The quantitative estimate of drug-likeness (QED) is 0.510. The summed E-state index contributed by atoms with van der Waals surface area (Å²) in [5, 5.41) is 16.8. The Bertz CT molecular complexity index is 1310. The normalized spacial score (nSPS) is 12.1. The van der Waals surface area contributed by atoms with Gasteiger partial charge in [0.2, 0.25) is 0 Å². The summed E-state index contributed by atoms with van der Waals surface area (Å²) in [6, 6.07) is 8.26. The zero-order valence-electron chi connectivity index (χ0n) is 16.6. The first-order valence-corrected chi connectivity index (χ1v) is 9.46. The van der Waals surface area contributed by atoms with Crippen LogP contribution in [0.4, 0.5) is 8.78 Å². The van der Waals surface area contributed by atoms with Gasteiger partial charge in [-0.05, 0) is 38.1 Å². The zero-order valence-corrected chi connectivity index (χ0v) is 16.6. The maximum atomic E-state index is 14.2. The molecule has 1 N–H and O–H groups in total. The standard InChI is InChI=1S/C22H17F2N5O2/c1-12(2)29-21-16(11-26-29)15(9-18(27-21)20-4-3-7-31-20)22(30)28-19(10-25)14-6-5-13(23)8-17(14)24/h3-9,11-12,19H,1-2H3,(H,28,30). The highest BCUT2D eigenvalue weighted by Gasteiger charge is 2.23. The van der Waals surface area contributed by atoms with Gasteiger partial charge in [0.05, 0.1) is 29.5 Å². The smallest absolute Gasteiger partial charge is 0.253 e. The van der Waals surface area contributed by atoms with Crippen LogP contribution >= 0.6 is 0 Å². The Morgan fingerprint density at radius 2 is 2.06 bits per heavy atom. The third-order valence-corrected chi connectivity index (χ3v) is 4.75. The molecule has 0 bridgehead atoms. The number of benzene rings is 1. The molecular weight excluding hydrogens is 404 g/mol. The second-order valence-electron chi connectivity index (χ2n) is 7.15. The van der Waals surface area contributed by atoms with Gasteiger partial charge >= 0.3 is 0 Å². The molecule has 1 amide bonds. The van der Waals surface area contributed by atoms with Gasteiger partial charge in [0, 0.05) is 17.7 Å². The van der Waals surface area contributed by atoms with Crippen LogP contribution in [0, 0.1) is 23.0 Å². The lowest BCUT2D eigenvalue weighted by molar-refractivity contribution is 0.0946. The van der Waals surface area contributed by atoms with Crippen LogP contribution in [0.1, 0.15) is 41.9 Å². The van der Waals surface area contributed by atoms with Crippen LogP contribution < -0.4 is 5.32 Å². The van der Waals surface area contributed by atoms with E-state index in [4.69, 9.17) is 4.42 Å². The predicted octanol–water partition coefficient (Wildman–Crippen LogP) is 4.55. The molecule has 1 aromatic carbocycles. The molecule has 0 saturated carbocycles. The minimum atomic E-state index is -1.32. The SMILES string of the molecule is CC(C)n1ncc2c(C(=O)NC(C#N)c3ccc(F)cc3F)cc(-c3ccco3)nc21. The Morgan fingerprint density at radius 3 is 2.71 bits per heavy atom. The number of hydrogen-bond acceptors (Lipinski definition) is 5.